The summed E-state index contributed by atoms with van der Waals surface area (Å²) in [7, 11) is -2.66. The van der Waals surface area contributed by atoms with Gasteiger partial charge in [0.25, 0.3) is 15.9 Å². The number of amides is 1. The van der Waals surface area contributed by atoms with E-state index < -0.39 is 15.9 Å². The molecular weight excluding hydrogens is 420 g/mol. The molecular formula is C23H19ClN2O3S. The number of halogens is 1. The van der Waals surface area contributed by atoms with Gasteiger partial charge in [0, 0.05) is 28.9 Å². The fourth-order valence-corrected chi connectivity index (χ4v) is 5.17. The second-order valence-electron chi connectivity index (χ2n) is 7.03. The molecule has 0 saturated carbocycles. The van der Waals surface area contributed by atoms with Crippen LogP contribution in [0.5, 0.6) is 0 Å². The minimum absolute atomic E-state index is 0.313. The standard InChI is InChI=1S/C23H19ClN2O3S/c1-15-7-6-10-18(13-15)25-23(27)22-21(16-8-4-3-5-9-16)19-14-17(24)11-12-20(19)26(2)30(22,28)29/h3-14H,1-2H3,(H,25,27). The molecule has 0 radical (unpaired) electrons. The zero-order valence-corrected chi connectivity index (χ0v) is 18.0. The smallest absolute Gasteiger partial charge is 0.270 e. The number of anilines is 2. The van der Waals surface area contributed by atoms with Gasteiger partial charge in [-0.2, -0.15) is 0 Å². The van der Waals surface area contributed by atoms with E-state index in [4.69, 9.17) is 11.6 Å². The second kappa shape index (κ2) is 7.63. The topological polar surface area (TPSA) is 66.5 Å². The van der Waals surface area contributed by atoms with Crippen molar-refractivity contribution in [2.75, 3.05) is 16.7 Å². The summed E-state index contributed by atoms with van der Waals surface area (Å²) in [6.07, 6.45) is 0. The van der Waals surface area contributed by atoms with Crippen molar-refractivity contribution in [1.29, 1.82) is 0 Å². The minimum atomic E-state index is -4.10. The van der Waals surface area contributed by atoms with Gasteiger partial charge in [0.05, 0.1) is 5.69 Å². The molecule has 0 aliphatic carbocycles. The fraction of sp³-hybridized carbons (Fsp3) is 0.0870. The summed E-state index contributed by atoms with van der Waals surface area (Å²) in [6, 6.07) is 21.1. The third-order valence-corrected chi connectivity index (χ3v) is 7.02. The summed E-state index contributed by atoms with van der Waals surface area (Å²) in [5, 5.41) is 3.19. The van der Waals surface area contributed by atoms with E-state index >= 15 is 0 Å². The lowest BCUT2D eigenvalue weighted by atomic mass is 9.95. The summed E-state index contributed by atoms with van der Waals surface area (Å²) in [6.45, 7) is 1.90. The number of carbonyl (C=O) groups excluding carboxylic acids is 1. The van der Waals surface area contributed by atoms with E-state index in [1.54, 1.807) is 60.7 Å². The van der Waals surface area contributed by atoms with E-state index in [9.17, 15) is 13.2 Å². The molecule has 0 bridgehead atoms. The van der Waals surface area contributed by atoms with E-state index in [0.717, 1.165) is 9.87 Å². The normalized spacial score (nSPS) is 15.0. The van der Waals surface area contributed by atoms with Crippen LogP contribution in [0.3, 0.4) is 0 Å². The van der Waals surface area contributed by atoms with E-state index in [2.05, 4.69) is 5.32 Å². The Morgan fingerprint density at radius 3 is 2.40 bits per heavy atom. The monoisotopic (exact) mass is 438 g/mol. The second-order valence-corrected chi connectivity index (χ2v) is 9.37. The van der Waals surface area contributed by atoms with Crippen LogP contribution in [0.25, 0.3) is 5.57 Å². The van der Waals surface area contributed by atoms with Gasteiger partial charge in [-0.25, -0.2) is 8.42 Å². The molecule has 0 fully saturated rings. The van der Waals surface area contributed by atoms with Crippen LogP contribution in [0.4, 0.5) is 11.4 Å². The number of nitrogens with zero attached hydrogens (tertiary/aromatic N) is 1. The molecule has 0 unspecified atom stereocenters. The quantitative estimate of drug-likeness (QED) is 0.637. The first kappa shape index (κ1) is 20.2. The van der Waals surface area contributed by atoms with E-state index in [1.807, 2.05) is 19.1 Å². The first-order valence-corrected chi connectivity index (χ1v) is 11.1. The number of aryl methyl sites for hydroxylation is 1. The molecule has 5 nitrogen and oxygen atoms in total. The Morgan fingerprint density at radius 1 is 0.967 bits per heavy atom. The summed E-state index contributed by atoms with van der Waals surface area (Å²) in [4.78, 5) is 13.0. The average Bonchev–Trinajstić information content (AvgIpc) is 2.71. The molecule has 4 rings (SSSR count). The van der Waals surface area contributed by atoms with E-state index in [-0.39, 0.29) is 4.91 Å². The maximum absolute atomic E-state index is 13.4. The van der Waals surface area contributed by atoms with Crippen molar-refractivity contribution in [1.82, 2.24) is 0 Å². The van der Waals surface area contributed by atoms with Crippen molar-refractivity contribution in [2.24, 2.45) is 0 Å². The number of rotatable bonds is 3. The number of fused-ring (bicyclic) bond motifs is 1. The Balaban J connectivity index is 1.99. The lowest BCUT2D eigenvalue weighted by Crippen LogP contribution is -2.37. The van der Waals surface area contributed by atoms with Gasteiger partial charge in [0.1, 0.15) is 0 Å². The highest BCUT2D eigenvalue weighted by Gasteiger charge is 2.39. The Kier molecular flexibility index (Phi) is 5.13. The van der Waals surface area contributed by atoms with Crippen molar-refractivity contribution in [2.45, 2.75) is 6.92 Å². The molecule has 3 aromatic carbocycles. The van der Waals surface area contributed by atoms with Crippen LogP contribution in [-0.4, -0.2) is 21.4 Å². The van der Waals surface area contributed by atoms with Gasteiger partial charge in [-0.1, -0.05) is 54.1 Å². The van der Waals surface area contributed by atoms with Gasteiger partial charge < -0.3 is 5.32 Å². The van der Waals surface area contributed by atoms with Gasteiger partial charge in [0.2, 0.25) is 0 Å². The molecule has 0 spiro atoms. The van der Waals surface area contributed by atoms with Crippen molar-refractivity contribution in [3.8, 4) is 0 Å². The van der Waals surface area contributed by atoms with Gasteiger partial charge in [0.15, 0.2) is 4.91 Å². The van der Waals surface area contributed by atoms with Gasteiger partial charge in [-0.3, -0.25) is 9.10 Å². The molecule has 1 amide bonds. The van der Waals surface area contributed by atoms with Crippen LogP contribution in [0.1, 0.15) is 16.7 Å². The van der Waals surface area contributed by atoms with Crippen LogP contribution in [0.2, 0.25) is 5.02 Å². The average molecular weight is 439 g/mol. The van der Waals surface area contributed by atoms with Crippen molar-refractivity contribution < 1.29 is 13.2 Å². The van der Waals surface area contributed by atoms with E-state index in [1.165, 1.54) is 7.05 Å². The van der Waals surface area contributed by atoms with Crippen LogP contribution in [0, 0.1) is 6.92 Å². The van der Waals surface area contributed by atoms with Crippen LogP contribution in [-0.2, 0) is 14.8 Å². The maximum Gasteiger partial charge on any atom is 0.270 e. The van der Waals surface area contributed by atoms with Crippen LogP contribution in [0.15, 0.2) is 77.7 Å². The molecule has 7 heteroatoms. The first-order valence-electron chi connectivity index (χ1n) is 9.25. The Morgan fingerprint density at radius 2 is 1.70 bits per heavy atom. The van der Waals surface area contributed by atoms with Gasteiger partial charge >= 0.3 is 0 Å². The third-order valence-electron chi connectivity index (χ3n) is 4.96. The highest BCUT2D eigenvalue weighted by atomic mass is 35.5. The molecule has 0 saturated heterocycles. The number of hydrogen-bond donors (Lipinski definition) is 1. The molecule has 1 heterocycles. The Labute approximate surface area is 180 Å². The Bertz CT molecular complexity index is 1280. The van der Waals surface area contributed by atoms with Gasteiger partial charge in [-0.05, 0) is 48.4 Å². The molecule has 30 heavy (non-hydrogen) atoms. The molecule has 1 aliphatic heterocycles. The molecule has 152 valence electrons. The van der Waals surface area contributed by atoms with Crippen molar-refractivity contribution >= 4 is 44.5 Å². The molecule has 1 aliphatic rings. The summed E-state index contributed by atoms with van der Waals surface area (Å²) in [5.41, 5.74) is 3.47. The van der Waals surface area contributed by atoms with Crippen LogP contribution >= 0.6 is 11.6 Å². The predicted molar refractivity (Wildman–Crippen MR) is 121 cm³/mol. The highest BCUT2D eigenvalue weighted by molar-refractivity contribution is 7.97. The van der Waals surface area contributed by atoms with Crippen LogP contribution < -0.4 is 9.62 Å². The Hall–Kier alpha value is -3.09. The summed E-state index contributed by atoms with van der Waals surface area (Å²) < 4.78 is 28.0. The first-order chi connectivity index (χ1) is 14.3. The largest absolute Gasteiger partial charge is 0.321 e. The third kappa shape index (κ3) is 3.49. The molecule has 1 N–H and O–H groups in total. The molecule has 0 aromatic heterocycles. The van der Waals surface area contributed by atoms with E-state index in [0.29, 0.717) is 33.1 Å². The number of benzene rings is 3. The van der Waals surface area contributed by atoms with Crippen molar-refractivity contribution in [3.63, 3.8) is 0 Å². The highest BCUT2D eigenvalue weighted by Crippen LogP contribution is 2.43. The van der Waals surface area contributed by atoms with Crippen molar-refractivity contribution in [3.05, 3.63) is 99.4 Å². The number of sulfonamides is 1. The lowest BCUT2D eigenvalue weighted by molar-refractivity contribution is -0.112. The summed E-state index contributed by atoms with van der Waals surface area (Å²) in [5.74, 6) is -0.697. The summed E-state index contributed by atoms with van der Waals surface area (Å²) >= 11 is 6.23. The number of nitrogens with one attached hydrogen (secondary N) is 1. The maximum atomic E-state index is 13.4. The number of hydrogen-bond acceptors (Lipinski definition) is 3. The minimum Gasteiger partial charge on any atom is -0.321 e. The lowest BCUT2D eigenvalue weighted by Gasteiger charge is -2.31. The SMILES string of the molecule is Cc1cccc(NC(=O)C2=C(c3ccccc3)c3cc(Cl)ccc3N(C)S2(=O)=O)c1. The molecule has 0 atom stereocenters. The van der Waals surface area contributed by atoms with Gasteiger partial charge in [-0.15, -0.1) is 0 Å². The predicted octanol–water partition coefficient (Wildman–Crippen LogP) is 4.83. The molecule has 3 aromatic rings. The zero-order chi connectivity index (χ0) is 21.5. The number of carbonyl (C=O) groups is 1. The zero-order valence-electron chi connectivity index (χ0n) is 16.4. The fourth-order valence-electron chi connectivity index (χ4n) is 3.53.